The molecule has 79 heavy (non-hydrogen) atoms. The highest BCUT2D eigenvalue weighted by molar-refractivity contribution is 6.00. The number of phenols is 1. The lowest BCUT2D eigenvalue weighted by atomic mass is 9.78. The van der Waals surface area contributed by atoms with Gasteiger partial charge in [-0.15, -0.1) is 0 Å². The van der Waals surface area contributed by atoms with Gasteiger partial charge in [-0.2, -0.15) is 5.26 Å². The van der Waals surface area contributed by atoms with Gasteiger partial charge in [0.05, 0.1) is 50.6 Å². The minimum Gasteiger partial charge on any atom is -0.507 e. The molecule has 0 amide bonds. The van der Waals surface area contributed by atoms with Crippen molar-refractivity contribution in [2.45, 2.75) is 144 Å². The van der Waals surface area contributed by atoms with Gasteiger partial charge in [0, 0.05) is 22.3 Å². The van der Waals surface area contributed by atoms with Crippen LogP contribution in [0.15, 0.2) is 158 Å². The predicted molar refractivity (Wildman–Crippen MR) is 332 cm³/mol. The highest BCUT2D eigenvalue weighted by Gasteiger charge is 2.32. The molecule has 8 aromatic carbocycles. The van der Waals surface area contributed by atoms with Crippen LogP contribution in [0.5, 0.6) is 5.75 Å². The van der Waals surface area contributed by atoms with Gasteiger partial charge in [0.25, 0.3) is 0 Å². The largest absolute Gasteiger partial charge is 0.507 e. The molecule has 0 saturated heterocycles. The molecule has 400 valence electrons. The van der Waals surface area contributed by atoms with Gasteiger partial charge in [-0.25, -0.2) is 9.97 Å². The number of nitrogens with zero attached hydrogens (tertiary/aromatic N) is 5. The van der Waals surface area contributed by atoms with Crippen LogP contribution in [0.4, 0.5) is 0 Å². The summed E-state index contributed by atoms with van der Waals surface area (Å²) in [6.07, 6.45) is 0. The van der Waals surface area contributed by atoms with E-state index in [0.29, 0.717) is 22.5 Å². The number of hydrogen-bond donors (Lipinski definition) is 1. The maximum atomic E-state index is 12.9. The fourth-order valence-corrected chi connectivity index (χ4v) is 11.2. The van der Waals surface area contributed by atoms with E-state index in [1.807, 2.05) is 6.07 Å². The lowest BCUT2D eigenvalue weighted by molar-refractivity contribution is 0.446. The molecule has 0 aliphatic heterocycles. The van der Waals surface area contributed by atoms with Crippen LogP contribution < -0.4 is 0 Å². The highest BCUT2D eigenvalue weighted by atomic mass is 16.3. The fourth-order valence-electron chi connectivity index (χ4n) is 11.2. The quantitative estimate of drug-likeness (QED) is 0.156. The Hall–Kier alpha value is -8.01. The van der Waals surface area contributed by atoms with Gasteiger partial charge in [0.15, 0.2) is 0 Å². The first kappa shape index (κ1) is 54.3. The first-order chi connectivity index (χ1) is 37.2. The molecule has 6 nitrogen and oxygen atoms in total. The molecule has 0 saturated carbocycles. The number of nitriles is 1. The molecule has 2 heterocycles. The van der Waals surface area contributed by atoms with Crippen molar-refractivity contribution in [2.24, 2.45) is 0 Å². The zero-order valence-electron chi connectivity index (χ0n) is 49.3. The number of aromatic nitrogens is 4. The van der Waals surface area contributed by atoms with Crippen LogP contribution in [-0.2, 0) is 21.7 Å². The molecule has 0 unspecified atom stereocenters. The van der Waals surface area contributed by atoms with E-state index in [2.05, 4.69) is 278 Å². The normalized spacial score (nSPS) is 12.6. The van der Waals surface area contributed by atoms with E-state index in [1.165, 1.54) is 16.7 Å². The number of hydrogen-bond acceptors (Lipinski definition) is 4. The van der Waals surface area contributed by atoms with Gasteiger partial charge in [-0.05, 0) is 150 Å². The van der Waals surface area contributed by atoms with Crippen molar-refractivity contribution in [3.8, 4) is 79.3 Å². The van der Waals surface area contributed by atoms with Crippen LogP contribution in [0.1, 0.15) is 162 Å². The Labute approximate surface area is 469 Å². The Balaban J connectivity index is 1.34. The Bertz CT molecular complexity index is 3970. The third-order valence-electron chi connectivity index (χ3n) is 15.8. The van der Waals surface area contributed by atoms with Crippen molar-refractivity contribution in [3.05, 3.63) is 197 Å². The minimum atomic E-state index is -0.392. The Kier molecular flexibility index (Phi) is 13.8. The maximum absolute atomic E-state index is 12.9. The van der Waals surface area contributed by atoms with Crippen LogP contribution in [0.3, 0.4) is 0 Å². The summed E-state index contributed by atoms with van der Waals surface area (Å²) < 4.78 is 4.64. The number of phenolic OH excluding ortho intramolecular Hbond substituents is 1. The van der Waals surface area contributed by atoms with Crippen molar-refractivity contribution >= 4 is 22.1 Å². The molecule has 0 aliphatic rings. The van der Waals surface area contributed by atoms with Gasteiger partial charge in [0.1, 0.15) is 17.4 Å². The number of fused-ring (bicyclic) bond motifs is 2. The van der Waals surface area contributed by atoms with Crippen LogP contribution in [0.2, 0.25) is 0 Å². The van der Waals surface area contributed by atoms with Crippen molar-refractivity contribution in [1.82, 2.24) is 19.1 Å². The third kappa shape index (κ3) is 10.1. The zero-order chi connectivity index (χ0) is 56.7. The predicted octanol–water partition coefficient (Wildman–Crippen LogP) is 19.7. The summed E-state index contributed by atoms with van der Waals surface area (Å²) in [4.78, 5) is 11.4. The molecule has 0 aliphatic carbocycles. The molecule has 0 radical (unpaired) electrons. The Morgan fingerprint density at radius 3 is 1.59 bits per heavy atom. The van der Waals surface area contributed by atoms with E-state index < -0.39 is 5.41 Å². The molecular weight excluding hydrogens is 963 g/mol. The maximum Gasteiger partial charge on any atom is 0.149 e. The molecule has 0 fully saturated rings. The van der Waals surface area contributed by atoms with Crippen molar-refractivity contribution in [1.29, 1.82) is 5.26 Å². The summed E-state index contributed by atoms with van der Waals surface area (Å²) in [6, 6.07) is 59.0. The number of aromatic hydroxyl groups is 1. The van der Waals surface area contributed by atoms with Crippen LogP contribution in [0.25, 0.3) is 89.6 Å². The van der Waals surface area contributed by atoms with Crippen molar-refractivity contribution in [2.75, 3.05) is 0 Å². The smallest absolute Gasteiger partial charge is 0.149 e. The van der Waals surface area contributed by atoms with E-state index in [9.17, 15) is 10.4 Å². The molecule has 0 spiro atoms. The Morgan fingerprint density at radius 2 is 1.01 bits per heavy atom. The van der Waals surface area contributed by atoms with Crippen molar-refractivity contribution < 1.29 is 5.11 Å². The summed E-state index contributed by atoms with van der Waals surface area (Å²) in [5, 5.41) is 24.3. The second-order valence-electron chi connectivity index (χ2n) is 26.5. The van der Waals surface area contributed by atoms with Gasteiger partial charge < -0.3 is 5.11 Å². The molecule has 1 N–H and O–H groups in total. The van der Waals surface area contributed by atoms with Crippen LogP contribution in [0, 0.1) is 11.3 Å². The second-order valence-corrected chi connectivity index (χ2v) is 26.5. The molecule has 0 atom stereocenters. The Morgan fingerprint density at radius 1 is 0.456 bits per heavy atom. The average Bonchev–Trinajstić information content (AvgIpc) is 4.02. The molecule has 6 heteroatoms. The van der Waals surface area contributed by atoms with Gasteiger partial charge >= 0.3 is 0 Å². The summed E-state index contributed by atoms with van der Waals surface area (Å²) in [5.41, 5.74) is 19.3. The number of imidazole rings is 2. The summed E-state index contributed by atoms with van der Waals surface area (Å²) in [6.45, 7) is 35.7. The highest BCUT2D eigenvalue weighted by Crippen LogP contribution is 2.48. The standard InChI is InChI=1S/C73H77N5O/c1-44(2)55-38-49(46-25-19-17-20-26-46)39-56(45(3)4)66(55)78-63-33-31-48(43-74)64(65(63)76-69(78)58-41-54(72(11,12)13)42-59(67(58)79)73(14,15)16)50-35-51(37-53(36-50)71(8,9)10)68-75-60-29-23-24-30-62(60)77(68)61-34-32-52(70(5,6)7)40-57(61)47-27-21-18-22-28-47/h17-42,44-45,79H,1-16H3. The molecule has 0 bridgehead atoms. The zero-order valence-corrected chi connectivity index (χ0v) is 49.3. The average molecular weight is 1040 g/mol. The topological polar surface area (TPSA) is 79.7 Å². The number of rotatable bonds is 9. The SMILES string of the molecule is CC(C)c1cc(-c2ccccc2)cc(C(C)C)c1-n1c(-c2cc(C(C)(C)C)cc(C(C)(C)C)c2O)nc2c(-c3cc(-c4nc5ccccc5n4-c4ccc(C(C)(C)C)cc4-c4ccccc4)cc(C(C)(C)C)c3)c(C#N)ccc21. The first-order valence-corrected chi connectivity index (χ1v) is 28.2. The number of benzene rings is 8. The van der Waals surface area contributed by atoms with E-state index >= 15 is 0 Å². The monoisotopic (exact) mass is 1040 g/mol. The third-order valence-corrected chi connectivity index (χ3v) is 15.8. The van der Waals surface area contributed by atoms with E-state index in [4.69, 9.17) is 9.97 Å². The van der Waals surface area contributed by atoms with Crippen molar-refractivity contribution in [3.63, 3.8) is 0 Å². The first-order valence-electron chi connectivity index (χ1n) is 28.2. The minimum absolute atomic E-state index is 0.0779. The second kappa shape index (κ2) is 20.0. The van der Waals surface area contributed by atoms with Crippen LogP contribution >= 0.6 is 0 Å². The number of para-hydroxylation sites is 2. The summed E-state index contributed by atoms with van der Waals surface area (Å²) >= 11 is 0. The lowest BCUT2D eigenvalue weighted by Gasteiger charge is -2.28. The van der Waals surface area contributed by atoms with Gasteiger partial charge in [0.2, 0.25) is 0 Å². The van der Waals surface area contributed by atoms with E-state index in [-0.39, 0.29) is 33.8 Å². The molecule has 10 aromatic rings. The van der Waals surface area contributed by atoms with Gasteiger partial charge in [-0.1, -0.05) is 202 Å². The van der Waals surface area contributed by atoms with Gasteiger partial charge in [-0.3, -0.25) is 9.13 Å². The van der Waals surface area contributed by atoms with E-state index in [0.717, 1.165) is 89.4 Å². The molecular formula is C73H77N5O. The lowest BCUT2D eigenvalue weighted by Crippen LogP contribution is -2.17. The summed E-state index contributed by atoms with van der Waals surface area (Å²) in [5.74, 6) is 1.84. The van der Waals surface area contributed by atoms with E-state index in [1.54, 1.807) is 0 Å². The molecule has 10 rings (SSSR count). The van der Waals surface area contributed by atoms with Crippen LogP contribution in [-0.4, -0.2) is 24.2 Å². The molecule has 2 aromatic heterocycles. The summed E-state index contributed by atoms with van der Waals surface area (Å²) in [7, 11) is 0. The fraction of sp³-hybridized carbons (Fsp3) is 0.301.